The van der Waals surface area contributed by atoms with Crippen LogP contribution < -0.4 is 5.32 Å². The average Bonchev–Trinajstić information content (AvgIpc) is 2.19. The van der Waals surface area contributed by atoms with Gasteiger partial charge in [0.05, 0.1) is 0 Å². The fourth-order valence-electron chi connectivity index (χ4n) is 1.06. The van der Waals surface area contributed by atoms with Crippen molar-refractivity contribution in [2.75, 3.05) is 5.32 Å². The van der Waals surface area contributed by atoms with Gasteiger partial charge in [0.2, 0.25) is 5.95 Å². The minimum absolute atomic E-state index is 0.112. The lowest BCUT2D eigenvalue weighted by atomic mass is 9.96. The molecule has 1 aromatic heterocycles. The highest BCUT2D eigenvalue weighted by Crippen LogP contribution is 2.18. The lowest BCUT2D eigenvalue weighted by molar-refractivity contribution is 0.474. The molecule has 72 valence electrons. The molecule has 1 aromatic rings. The Hall–Kier alpha value is -1.12. The predicted molar refractivity (Wildman–Crippen MR) is 54.6 cm³/mol. The maximum Gasteiger partial charge on any atom is 0.222 e. The van der Waals surface area contributed by atoms with E-state index in [9.17, 15) is 0 Å². The van der Waals surface area contributed by atoms with Crippen LogP contribution in [0.4, 0.5) is 5.95 Å². The molecule has 0 aliphatic carbocycles. The van der Waals surface area contributed by atoms with E-state index in [0.717, 1.165) is 12.8 Å². The van der Waals surface area contributed by atoms with E-state index >= 15 is 0 Å². The topological polar surface area (TPSA) is 37.8 Å². The first kappa shape index (κ1) is 9.96. The van der Waals surface area contributed by atoms with Crippen LogP contribution in [-0.2, 0) is 0 Å². The molecule has 0 aromatic carbocycles. The van der Waals surface area contributed by atoms with E-state index in [2.05, 4.69) is 36.1 Å². The Morgan fingerprint density at radius 3 is 2.23 bits per heavy atom. The molecule has 13 heavy (non-hydrogen) atoms. The van der Waals surface area contributed by atoms with Crippen LogP contribution in [0.3, 0.4) is 0 Å². The zero-order chi connectivity index (χ0) is 9.73. The van der Waals surface area contributed by atoms with E-state index < -0.39 is 0 Å². The third-order valence-corrected chi connectivity index (χ3v) is 2.54. The van der Waals surface area contributed by atoms with Crippen LogP contribution in [0.2, 0.25) is 0 Å². The number of hydrogen-bond acceptors (Lipinski definition) is 3. The van der Waals surface area contributed by atoms with Gasteiger partial charge in [-0.2, -0.15) is 0 Å². The third-order valence-electron chi connectivity index (χ3n) is 2.54. The Morgan fingerprint density at radius 2 is 1.77 bits per heavy atom. The molecular formula is C10H17N3. The first-order chi connectivity index (χ1) is 6.20. The number of aromatic nitrogens is 2. The van der Waals surface area contributed by atoms with Crippen LogP contribution >= 0.6 is 0 Å². The smallest absolute Gasteiger partial charge is 0.222 e. The van der Waals surface area contributed by atoms with Gasteiger partial charge in [-0.3, -0.25) is 0 Å². The monoisotopic (exact) mass is 179 g/mol. The van der Waals surface area contributed by atoms with E-state index in [-0.39, 0.29) is 5.54 Å². The van der Waals surface area contributed by atoms with Crippen molar-refractivity contribution in [1.29, 1.82) is 0 Å². The SMILES string of the molecule is CCC(C)(CC)Nc1ncccn1. The van der Waals surface area contributed by atoms with Crippen molar-refractivity contribution in [3.8, 4) is 0 Å². The lowest BCUT2D eigenvalue weighted by Crippen LogP contribution is -2.33. The van der Waals surface area contributed by atoms with Crippen LogP contribution in [0.25, 0.3) is 0 Å². The number of nitrogens with zero attached hydrogens (tertiary/aromatic N) is 2. The number of nitrogens with one attached hydrogen (secondary N) is 1. The molecule has 0 aliphatic heterocycles. The summed E-state index contributed by atoms with van der Waals surface area (Å²) in [5, 5.41) is 3.33. The second-order valence-electron chi connectivity index (χ2n) is 3.47. The van der Waals surface area contributed by atoms with Crippen molar-refractivity contribution in [1.82, 2.24) is 9.97 Å². The fourth-order valence-corrected chi connectivity index (χ4v) is 1.06. The fraction of sp³-hybridized carbons (Fsp3) is 0.600. The summed E-state index contributed by atoms with van der Waals surface area (Å²) >= 11 is 0. The van der Waals surface area contributed by atoms with Gasteiger partial charge < -0.3 is 5.32 Å². The molecule has 1 heterocycles. The predicted octanol–water partition coefficient (Wildman–Crippen LogP) is 2.47. The summed E-state index contributed by atoms with van der Waals surface area (Å²) in [6, 6.07) is 1.82. The Kier molecular flexibility index (Phi) is 3.23. The molecule has 3 heteroatoms. The minimum atomic E-state index is 0.112. The van der Waals surface area contributed by atoms with E-state index in [1.165, 1.54) is 0 Å². The summed E-state index contributed by atoms with van der Waals surface area (Å²) in [5.41, 5.74) is 0.112. The second-order valence-corrected chi connectivity index (χ2v) is 3.47. The molecule has 3 nitrogen and oxygen atoms in total. The summed E-state index contributed by atoms with van der Waals surface area (Å²) in [5.74, 6) is 0.716. The maximum atomic E-state index is 4.14. The number of anilines is 1. The van der Waals surface area contributed by atoms with Gasteiger partial charge in [0.15, 0.2) is 0 Å². The molecule has 0 amide bonds. The van der Waals surface area contributed by atoms with Gasteiger partial charge in [-0.1, -0.05) is 13.8 Å². The van der Waals surface area contributed by atoms with Gasteiger partial charge in [-0.05, 0) is 25.8 Å². The first-order valence-electron chi connectivity index (χ1n) is 4.75. The Balaban J connectivity index is 2.68. The zero-order valence-corrected chi connectivity index (χ0v) is 8.54. The number of hydrogen-bond donors (Lipinski definition) is 1. The Bertz CT molecular complexity index is 242. The van der Waals surface area contributed by atoms with E-state index in [4.69, 9.17) is 0 Å². The zero-order valence-electron chi connectivity index (χ0n) is 8.54. The summed E-state index contributed by atoms with van der Waals surface area (Å²) in [7, 11) is 0. The maximum absolute atomic E-state index is 4.14. The molecule has 0 saturated carbocycles. The molecule has 1 rings (SSSR count). The van der Waals surface area contributed by atoms with Crippen LogP contribution in [0.15, 0.2) is 18.5 Å². The van der Waals surface area contributed by atoms with Gasteiger partial charge in [-0.25, -0.2) is 9.97 Å². The highest BCUT2D eigenvalue weighted by Gasteiger charge is 2.19. The Morgan fingerprint density at radius 1 is 1.23 bits per heavy atom. The minimum Gasteiger partial charge on any atom is -0.349 e. The van der Waals surface area contributed by atoms with Crippen molar-refractivity contribution in [2.45, 2.75) is 39.2 Å². The molecule has 0 atom stereocenters. The molecule has 1 N–H and O–H groups in total. The summed E-state index contributed by atoms with van der Waals surface area (Å²) in [6.45, 7) is 6.52. The molecule has 0 fully saturated rings. The van der Waals surface area contributed by atoms with Crippen molar-refractivity contribution >= 4 is 5.95 Å². The molecule has 0 bridgehead atoms. The largest absolute Gasteiger partial charge is 0.349 e. The van der Waals surface area contributed by atoms with Gasteiger partial charge in [-0.15, -0.1) is 0 Å². The summed E-state index contributed by atoms with van der Waals surface area (Å²) in [4.78, 5) is 8.27. The van der Waals surface area contributed by atoms with E-state index in [1.807, 2.05) is 6.07 Å². The molecule has 0 unspecified atom stereocenters. The lowest BCUT2D eigenvalue weighted by Gasteiger charge is -2.27. The molecule has 0 aliphatic rings. The highest BCUT2D eigenvalue weighted by molar-refractivity contribution is 5.27. The molecular weight excluding hydrogens is 162 g/mol. The van der Waals surface area contributed by atoms with Gasteiger partial charge in [0, 0.05) is 17.9 Å². The molecule has 0 spiro atoms. The highest BCUT2D eigenvalue weighted by atomic mass is 15.1. The van der Waals surface area contributed by atoms with Crippen LogP contribution in [0.5, 0.6) is 0 Å². The standard InChI is InChI=1S/C10H17N3/c1-4-10(3,5-2)13-9-11-7-6-8-12-9/h6-8H,4-5H2,1-3H3,(H,11,12,13). The van der Waals surface area contributed by atoms with Crippen molar-refractivity contribution in [2.24, 2.45) is 0 Å². The Labute approximate surface area is 79.6 Å². The van der Waals surface area contributed by atoms with Crippen molar-refractivity contribution in [3.63, 3.8) is 0 Å². The van der Waals surface area contributed by atoms with E-state index in [0.29, 0.717) is 5.95 Å². The molecule has 0 saturated heterocycles. The summed E-state index contributed by atoms with van der Waals surface area (Å²) < 4.78 is 0. The van der Waals surface area contributed by atoms with Crippen LogP contribution in [0.1, 0.15) is 33.6 Å². The summed E-state index contributed by atoms with van der Waals surface area (Å²) in [6.07, 6.45) is 5.64. The van der Waals surface area contributed by atoms with Gasteiger partial charge in [0.1, 0.15) is 0 Å². The van der Waals surface area contributed by atoms with Crippen LogP contribution in [-0.4, -0.2) is 15.5 Å². The first-order valence-corrected chi connectivity index (χ1v) is 4.75. The van der Waals surface area contributed by atoms with Crippen LogP contribution in [0, 0.1) is 0 Å². The molecule has 0 radical (unpaired) electrons. The van der Waals surface area contributed by atoms with Gasteiger partial charge in [0.25, 0.3) is 0 Å². The van der Waals surface area contributed by atoms with Crippen molar-refractivity contribution in [3.05, 3.63) is 18.5 Å². The van der Waals surface area contributed by atoms with Gasteiger partial charge >= 0.3 is 0 Å². The van der Waals surface area contributed by atoms with Crippen molar-refractivity contribution < 1.29 is 0 Å². The van der Waals surface area contributed by atoms with E-state index in [1.54, 1.807) is 12.4 Å². The average molecular weight is 179 g/mol. The third kappa shape index (κ3) is 2.68. The number of rotatable bonds is 4. The quantitative estimate of drug-likeness (QED) is 0.771. The second kappa shape index (κ2) is 4.21. The normalized spacial score (nSPS) is 11.3.